The molecule has 2 rings (SSSR count). The molecule has 2 N–H and O–H groups in total. The number of carbonyl (C=O) groups excluding carboxylic acids is 1. The zero-order valence-corrected chi connectivity index (χ0v) is 12.4. The highest BCUT2D eigenvalue weighted by atomic mass is 35.5. The van der Waals surface area contributed by atoms with Gasteiger partial charge in [0.15, 0.2) is 5.82 Å². The average Bonchev–Trinajstić information content (AvgIpc) is 3.19. The Labute approximate surface area is 123 Å². The Morgan fingerprint density at radius 3 is 2.95 bits per heavy atom. The van der Waals surface area contributed by atoms with Crippen LogP contribution >= 0.6 is 11.6 Å². The Morgan fingerprint density at radius 2 is 2.30 bits per heavy atom. The van der Waals surface area contributed by atoms with Crippen molar-refractivity contribution in [3.05, 3.63) is 17.0 Å². The number of nitrogens with zero attached hydrogens (tertiary/aromatic N) is 2. The van der Waals surface area contributed by atoms with E-state index in [2.05, 4.69) is 20.6 Å². The van der Waals surface area contributed by atoms with Crippen LogP contribution in [0.2, 0.25) is 5.15 Å². The van der Waals surface area contributed by atoms with Gasteiger partial charge in [-0.05, 0) is 26.7 Å². The van der Waals surface area contributed by atoms with Gasteiger partial charge in [0, 0.05) is 18.7 Å². The molecule has 1 atom stereocenters. The summed E-state index contributed by atoms with van der Waals surface area (Å²) in [6.07, 6.45) is 2.13. The summed E-state index contributed by atoms with van der Waals surface area (Å²) in [7, 11) is 0. The fraction of sp³-hybridized carbons (Fsp3) is 0.615. The predicted octanol–water partition coefficient (Wildman–Crippen LogP) is 1.75. The molecule has 1 heterocycles. The Hall–Kier alpha value is -1.40. The molecule has 0 saturated heterocycles. The van der Waals surface area contributed by atoms with Crippen LogP contribution in [0.15, 0.2) is 6.07 Å². The number of rotatable bonds is 7. The SMILES string of the molecule is CCOCc1nc(Cl)cc(NC(C)C(=O)NC2CC2)n1. The largest absolute Gasteiger partial charge is 0.374 e. The van der Waals surface area contributed by atoms with E-state index in [0.29, 0.717) is 36.1 Å². The lowest BCUT2D eigenvalue weighted by atomic mass is 10.3. The summed E-state index contributed by atoms with van der Waals surface area (Å²) in [5.41, 5.74) is 0. The Balaban J connectivity index is 1.96. The summed E-state index contributed by atoms with van der Waals surface area (Å²) in [6, 6.07) is 1.56. The minimum atomic E-state index is -0.374. The molecular formula is C13H19ClN4O2. The molecule has 0 radical (unpaired) electrons. The first kappa shape index (κ1) is 15.0. The highest BCUT2D eigenvalue weighted by Gasteiger charge is 2.25. The summed E-state index contributed by atoms with van der Waals surface area (Å²) in [5.74, 6) is 0.989. The van der Waals surface area contributed by atoms with Crippen LogP contribution in [0.5, 0.6) is 0 Å². The quantitative estimate of drug-likeness (QED) is 0.750. The number of halogens is 1. The third-order valence-electron chi connectivity index (χ3n) is 2.86. The van der Waals surface area contributed by atoms with Crippen LogP contribution in [0.3, 0.4) is 0 Å². The van der Waals surface area contributed by atoms with Crippen LogP contribution in [-0.2, 0) is 16.1 Å². The van der Waals surface area contributed by atoms with Gasteiger partial charge in [-0.2, -0.15) is 0 Å². The van der Waals surface area contributed by atoms with Gasteiger partial charge in [0.1, 0.15) is 23.6 Å². The maximum atomic E-state index is 11.9. The van der Waals surface area contributed by atoms with Crippen LogP contribution in [-0.4, -0.2) is 34.6 Å². The normalized spacial score (nSPS) is 15.8. The second kappa shape index (κ2) is 6.85. The molecule has 20 heavy (non-hydrogen) atoms. The van der Waals surface area contributed by atoms with Gasteiger partial charge in [-0.3, -0.25) is 4.79 Å². The molecule has 6 nitrogen and oxygen atoms in total. The number of nitrogens with one attached hydrogen (secondary N) is 2. The highest BCUT2D eigenvalue weighted by Crippen LogP contribution is 2.19. The van der Waals surface area contributed by atoms with Crippen molar-refractivity contribution in [2.24, 2.45) is 0 Å². The maximum Gasteiger partial charge on any atom is 0.242 e. The Bertz CT molecular complexity index is 479. The fourth-order valence-corrected chi connectivity index (χ4v) is 1.84. The summed E-state index contributed by atoms with van der Waals surface area (Å²) >= 11 is 5.94. The number of hydrogen-bond acceptors (Lipinski definition) is 5. The molecule has 7 heteroatoms. The fourth-order valence-electron chi connectivity index (χ4n) is 1.64. The monoisotopic (exact) mass is 298 g/mol. The first-order valence-electron chi connectivity index (χ1n) is 6.76. The van der Waals surface area contributed by atoms with Crippen molar-refractivity contribution in [3.8, 4) is 0 Å². The van der Waals surface area contributed by atoms with Gasteiger partial charge in [0.25, 0.3) is 0 Å². The molecule has 1 aromatic rings. The van der Waals surface area contributed by atoms with Gasteiger partial charge >= 0.3 is 0 Å². The number of amides is 1. The smallest absolute Gasteiger partial charge is 0.242 e. The molecule has 1 aliphatic rings. The molecule has 1 saturated carbocycles. The van der Waals surface area contributed by atoms with Crippen molar-refractivity contribution >= 4 is 23.3 Å². The van der Waals surface area contributed by atoms with Crippen LogP contribution in [0, 0.1) is 0 Å². The van der Waals surface area contributed by atoms with Crippen LogP contribution in [0.4, 0.5) is 5.82 Å². The summed E-state index contributed by atoms with van der Waals surface area (Å²) in [6.45, 7) is 4.57. The molecule has 1 aromatic heterocycles. The standard InChI is InChI=1S/C13H19ClN4O2/c1-3-20-7-12-17-10(14)6-11(18-12)15-8(2)13(19)16-9-4-5-9/h6,8-9H,3-5,7H2,1-2H3,(H,16,19)(H,15,17,18). The summed E-state index contributed by atoms with van der Waals surface area (Å²) in [5, 5.41) is 6.29. The van der Waals surface area contributed by atoms with E-state index in [1.165, 1.54) is 0 Å². The Morgan fingerprint density at radius 1 is 1.55 bits per heavy atom. The van der Waals surface area contributed by atoms with E-state index in [9.17, 15) is 4.79 Å². The van der Waals surface area contributed by atoms with E-state index in [1.807, 2.05) is 6.92 Å². The highest BCUT2D eigenvalue weighted by molar-refractivity contribution is 6.29. The van der Waals surface area contributed by atoms with Crippen LogP contribution in [0.1, 0.15) is 32.5 Å². The lowest BCUT2D eigenvalue weighted by molar-refractivity contribution is -0.121. The molecule has 1 unspecified atom stereocenters. The Kier molecular flexibility index (Phi) is 5.14. The number of ether oxygens (including phenoxy) is 1. The molecule has 0 aromatic carbocycles. The third kappa shape index (κ3) is 4.61. The van der Waals surface area contributed by atoms with Crippen molar-refractivity contribution in [3.63, 3.8) is 0 Å². The lowest BCUT2D eigenvalue weighted by Gasteiger charge is -2.15. The van der Waals surface area contributed by atoms with Crippen molar-refractivity contribution < 1.29 is 9.53 Å². The van der Waals surface area contributed by atoms with E-state index in [1.54, 1.807) is 13.0 Å². The number of carbonyl (C=O) groups is 1. The summed E-state index contributed by atoms with van der Waals surface area (Å²) < 4.78 is 5.25. The zero-order chi connectivity index (χ0) is 14.5. The minimum Gasteiger partial charge on any atom is -0.374 e. The van der Waals surface area contributed by atoms with E-state index in [4.69, 9.17) is 16.3 Å². The summed E-state index contributed by atoms with van der Waals surface area (Å²) in [4.78, 5) is 20.2. The van der Waals surface area contributed by atoms with Crippen molar-refractivity contribution in [2.45, 2.75) is 45.4 Å². The van der Waals surface area contributed by atoms with Crippen molar-refractivity contribution in [1.29, 1.82) is 0 Å². The van der Waals surface area contributed by atoms with Crippen molar-refractivity contribution in [1.82, 2.24) is 15.3 Å². The van der Waals surface area contributed by atoms with Crippen LogP contribution < -0.4 is 10.6 Å². The molecule has 1 fully saturated rings. The molecule has 0 aliphatic heterocycles. The number of anilines is 1. The lowest BCUT2D eigenvalue weighted by Crippen LogP contribution is -2.38. The van der Waals surface area contributed by atoms with Crippen LogP contribution in [0.25, 0.3) is 0 Å². The number of aromatic nitrogens is 2. The van der Waals surface area contributed by atoms with Gasteiger partial charge < -0.3 is 15.4 Å². The molecule has 110 valence electrons. The van der Waals surface area contributed by atoms with E-state index >= 15 is 0 Å². The van der Waals surface area contributed by atoms with E-state index < -0.39 is 0 Å². The van der Waals surface area contributed by atoms with Gasteiger partial charge in [0.05, 0.1) is 0 Å². The topological polar surface area (TPSA) is 76.1 Å². The van der Waals surface area contributed by atoms with Gasteiger partial charge in [0.2, 0.25) is 5.91 Å². The molecule has 1 amide bonds. The minimum absolute atomic E-state index is 0.0337. The maximum absolute atomic E-state index is 11.9. The average molecular weight is 299 g/mol. The predicted molar refractivity (Wildman–Crippen MR) is 76.6 cm³/mol. The molecule has 0 bridgehead atoms. The first-order valence-corrected chi connectivity index (χ1v) is 7.14. The van der Waals surface area contributed by atoms with E-state index in [-0.39, 0.29) is 11.9 Å². The first-order chi connectivity index (χ1) is 9.58. The molecule has 0 spiro atoms. The molecular weight excluding hydrogens is 280 g/mol. The second-order valence-corrected chi connectivity index (χ2v) is 5.17. The van der Waals surface area contributed by atoms with Gasteiger partial charge in [-0.15, -0.1) is 0 Å². The zero-order valence-electron chi connectivity index (χ0n) is 11.6. The second-order valence-electron chi connectivity index (χ2n) is 4.78. The third-order valence-corrected chi connectivity index (χ3v) is 3.05. The van der Waals surface area contributed by atoms with E-state index in [0.717, 1.165) is 12.8 Å². The molecule has 1 aliphatic carbocycles. The number of hydrogen-bond donors (Lipinski definition) is 2. The van der Waals surface area contributed by atoms with Gasteiger partial charge in [-0.25, -0.2) is 9.97 Å². The van der Waals surface area contributed by atoms with Gasteiger partial charge in [-0.1, -0.05) is 11.6 Å². The van der Waals surface area contributed by atoms with Crippen molar-refractivity contribution in [2.75, 3.05) is 11.9 Å².